The van der Waals surface area contributed by atoms with Crippen molar-refractivity contribution in [3.05, 3.63) is 45.9 Å². The minimum Gasteiger partial charge on any atom is -0.469 e. The van der Waals surface area contributed by atoms with Crippen LogP contribution in [0.5, 0.6) is 0 Å². The second kappa shape index (κ2) is 7.43. The summed E-state index contributed by atoms with van der Waals surface area (Å²) in [5.74, 6) is -0.220. The van der Waals surface area contributed by atoms with Crippen molar-refractivity contribution in [2.24, 2.45) is 0 Å². The molecule has 0 saturated carbocycles. The second-order valence-corrected chi connectivity index (χ2v) is 5.87. The number of nitrogens with zero attached hydrogens (tertiary/aromatic N) is 1. The van der Waals surface area contributed by atoms with Gasteiger partial charge < -0.3 is 10.1 Å². The Morgan fingerprint density at radius 1 is 1.48 bits per heavy atom. The summed E-state index contributed by atoms with van der Waals surface area (Å²) in [4.78, 5) is 15.6. The van der Waals surface area contributed by atoms with Gasteiger partial charge in [-0.1, -0.05) is 29.8 Å². The van der Waals surface area contributed by atoms with Crippen LogP contribution in [0.25, 0.3) is 0 Å². The van der Waals surface area contributed by atoms with Crippen molar-refractivity contribution >= 4 is 34.0 Å². The van der Waals surface area contributed by atoms with Crippen LogP contribution >= 0.6 is 22.9 Å². The molecule has 1 aromatic carbocycles. The lowest BCUT2D eigenvalue weighted by molar-refractivity contribution is -0.140. The number of anilines is 1. The fourth-order valence-electron chi connectivity index (χ4n) is 1.91. The van der Waals surface area contributed by atoms with Gasteiger partial charge in [0.1, 0.15) is 0 Å². The smallest absolute Gasteiger partial charge is 0.305 e. The number of ether oxygens (including phenoxy) is 1. The summed E-state index contributed by atoms with van der Waals surface area (Å²) in [6, 6.07) is 7.80. The predicted octanol–water partition coefficient (Wildman–Crippen LogP) is 4.08. The van der Waals surface area contributed by atoms with Crippen molar-refractivity contribution < 1.29 is 9.53 Å². The van der Waals surface area contributed by atoms with Crippen LogP contribution in [0.15, 0.2) is 29.6 Å². The highest BCUT2D eigenvalue weighted by Gasteiger charge is 2.11. The monoisotopic (exact) mass is 324 g/mol. The average Bonchev–Trinajstić information content (AvgIpc) is 2.92. The van der Waals surface area contributed by atoms with Gasteiger partial charge in [-0.3, -0.25) is 4.79 Å². The zero-order chi connectivity index (χ0) is 15.2. The Morgan fingerprint density at radius 3 is 2.95 bits per heavy atom. The molecule has 0 aliphatic heterocycles. The van der Waals surface area contributed by atoms with E-state index in [4.69, 9.17) is 11.6 Å². The number of esters is 1. The van der Waals surface area contributed by atoms with Crippen LogP contribution in [-0.2, 0) is 16.0 Å². The van der Waals surface area contributed by atoms with Gasteiger partial charge in [0, 0.05) is 16.8 Å². The minimum atomic E-state index is -0.220. The lowest BCUT2D eigenvalue weighted by Gasteiger charge is -2.14. The van der Waals surface area contributed by atoms with E-state index in [0.29, 0.717) is 12.8 Å². The maximum Gasteiger partial charge on any atom is 0.305 e. The van der Waals surface area contributed by atoms with E-state index in [2.05, 4.69) is 15.0 Å². The van der Waals surface area contributed by atoms with Crippen LogP contribution in [0.2, 0.25) is 5.02 Å². The first-order chi connectivity index (χ1) is 10.1. The van der Waals surface area contributed by atoms with E-state index in [1.807, 2.05) is 36.6 Å². The lowest BCUT2D eigenvalue weighted by atomic mass is 10.1. The zero-order valence-electron chi connectivity index (χ0n) is 11.9. The van der Waals surface area contributed by atoms with Crippen LogP contribution in [0.1, 0.15) is 30.6 Å². The Labute approximate surface area is 133 Å². The Morgan fingerprint density at radius 2 is 2.24 bits per heavy atom. The third-order valence-corrected chi connectivity index (χ3v) is 4.24. The molecule has 1 heterocycles. The van der Waals surface area contributed by atoms with E-state index < -0.39 is 0 Å². The van der Waals surface area contributed by atoms with E-state index in [1.165, 1.54) is 18.4 Å². The molecule has 0 bridgehead atoms. The molecule has 0 saturated heterocycles. The quantitative estimate of drug-likeness (QED) is 0.814. The Hall–Kier alpha value is -1.59. The number of hydrogen-bond acceptors (Lipinski definition) is 5. The normalized spacial score (nSPS) is 12.0. The number of nitrogens with one attached hydrogen (secondary N) is 1. The fourth-order valence-corrected chi connectivity index (χ4v) is 3.04. The maximum atomic E-state index is 11.1. The van der Waals surface area contributed by atoms with E-state index in [-0.39, 0.29) is 12.0 Å². The van der Waals surface area contributed by atoms with E-state index in [0.717, 1.165) is 21.4 Å². The van der Waals surface area contributed by atoms with Gasteiger partial charge in [0.15, 0.2) is 5.13 Å². The molecule has 1 atom stereocenters. The van der Waals surface area contributed by atoms with Gasteiger partial charge in [0.25, 0.3) is 0 Å². The number of thiazole rings is 1. The standard InChI is InChI=1S/C15H17ClN2O2S/c1-10(12-5-3-4-6-13(12)16)17-15-18-11(9-21-15)7-8-14(19)20-2/h3-6,9-10H,7-8H2,1-2H3,(H,17,18). The predicted molar refractivity (Wildman–Crippen MR) is 85.9 cm³/mol. The van der Waals surface area contributed by atoms with Crippen molar-refractivity contribution in [1.82, 2.24) is 4.98 Å². The number of methoxy groups -OCH3 is 1. The molecule has 0 spiro atoms. The van der Waals surface area contributed by atoms with Gasteiger partial charge in [0.2, 0.25) is 0 Å². The fraction of sp³-hybridized carbons (Fsp3) is 0.333. The van der Waals surface area contributed by atoms with Crippen LogP contribution in [0.3, 0.4) is 0 Å². The summed E-state index contributed by atoms with van der Waals surface area (Å²) in [7, 11) is 1.39. The molecule has 0 aliphatic carbocycles. The second-order valence-electron chi connectivity index (χ2n) is 4.61. The summed E-state index contributed by atoms with van der Waals surface area (Å²) >= 11 is 7.70. The molecule has 1 unspecified atom stereocenters. The Kier molecular flexibility index (Phi) is 5.59. The van der Waals surface area contributed by atoms with E-state index in [9.17, 15) is 4.79 Å². The highest BCUT2D eigenvalue weighted by molar-refractivity contribution is 7.13. The largest absolute Gasteiger partial charge is 0.469 e. The number of benzene rings is 1. The molecule has 4 nitrogen and oxygen atoms in total. The molecule has 1 aromatic heterocycles. The molecular formula is C15H17ClN2O2S. The molecule has 0 fully saturated rings. The maximum absolute atomic E-state index is 11.1. The molecule has 2 aromatic rings. The van der Waals surface area contributed by atoms with Crippen molar-refractivity contribution in [3.63, 3.8) is 0 Å². The molecule has 112 valence electrons. The molecule has 2 rings (SSSR count). The number of rotatable bonds is 6. The molecule has 0 radical (unpaired) electrons. The Bertz CT molecular complexity index is 615. The molecule has 6 heteroatoms. The molecule has 0 amide bonds. The summed E-state index contributed by atoms with van der Waals surface area (Å²) in [6.45, 7) is 2.04. The van der Waals surface area contributed by atoms with Crippen LogP contribution < -0.4 is 5.32 Å². The third-order valence-electron chi connectivity index (χ3n) is 3.08. The number of hydrogen-bond donors (Lipinski definition) is 1. The summed E-state index contributed by atoms with van der Waals surface area (Å²) in [5.41, 5.74) is 1.92. The minimum absolute atomic E-state index is 0.0679. The first-order valence-electron chi connectivity index (χ1n) is 6.62. The lowest BCUT2D eigenvalue weighted by Crippen LogP contribution is -2.07. The first-order valence-corrected chi connectivity index (χ1v) is 7.88. The number of carbonyl (C=O) groups excluding carboxylic acids is 1. The number of aromatic nitrogens is 1. The summed E-state index contributed by atoms with van der Waals surface area (Å²) in [5, 5.41) is 6.83. The third kappa shape index (κ3) is 4.44. The average molecular weight is 325 g/mol. The Balaban J connectivity index is 1.96. The first kappa shape index (κ1) is 15.8. The van der Waals surface area contributed by atoms with E-state index >= 15 is 0 Å². The molecule has 21 heavy (non-hydrogen) atoms. The van der Waals surface area contributed by atoms with Crippen molar-refractivity contribution in [2.75, 3.05) is 12.4 Å². The van der Waals surface area contributed by atoms with Crippen LogP contribution in [0, 0.1) is 0 Å². The van der Waals surface area contributed by atoms with Crippen molar-refractivity contribution in [3.8, 4) is 0 Å². The zero-order valence-corrected chi connectivity index (χ0v) is 13.5. The number of aryl methyl sites for hydroxylation is 1. The highest BCUT2D eigenvalue weighted by atomic mass is 35.5. The molecule has 0 aliphatic rings. The van der Waals surface area contributed by atoms with Crippen LogP contribution in [0.4, 0.5) is 5.13 Å². The van der Waals surface area contributed by atoms with Gasteiger partial charge in [-0.2, -0.15) is 0 Å². The van der Waals surface area contributed by atoms with Gasteiger partial charge >= 0.3 is 5.97 Å². The van der Waals surface area contributed by atoms with Gasteiger partial charge in [-0.15, -0.1) is 11.3 Å². The topological polar surface area (TPSA) is 51.2 Å². The van der Waals surface area contributed by atoms with Crippen molar-refractivity contribution in [1.29, 1.82) is 0 Å². The van der Waals surface area contributed by atoms with Crippen molar-refractivity contribution in [2.45, 2.75) is 25.8 Å². The van der Waals surface area contributed by atoms with Gasteiger partial charge in [-0.05, 0) is 18.6 Å². The summed E-state index contributed by atoms with van der Waals surface area (Å²) in [6.07, 6.45) is 0.936. The van der Waals surface area contributed by atoms with E-state index in [1.54, 1.807) is 0 Å². The van der Waals surface area contributed by atoms with Crippen LogP contribution in [-0.4, -0.2) is 18.1 Å². The highest BCUT2D eigenvalue weighted by Crippen LogP contribution is 2.27. The van der Waals surface area contributed by atoms with Gasteiger partial charge in [0.05, 0.1) is 25.3 Å². The summed E-state index contributed by atoms with van der Waals surface area (Å²) < 4.78 is 4.62. The molecular weight excluding hydrogens is 308 g/mol. The number of halogens is 1. The SMILES string of the molecule is COC(=O)CCc1csc(NC(C)c2ccccc2Cl)n1. The number of carbonyl (C=O) groups is 1. The van der Waals surface area contributed by atoms with Gasteiger partial charge in [-0.25, -0.2) is 4.98 Å². The molecule has 1 N–H and O–H groups in total.